The van der Waals surface area contributed by atoms with E-state index in [0.717, 1.165) is 44.5 Å². The van der Waals surface area contributed by atoms with Gasteiger partial charge in [-0.1, -0.05) is 30.1 Å². The molecule has 3 aliphatic rings. The van der Waals surface area contributed by atoms with Gasteiger partial charge in [-0.3, -0.25) is 4.90 Å². The Hall–Kier alpha value is -1.56. The molecule has 0 amide bonds. The van der Waals surface area contributed by atoms with Gasteiger partial charge in [-0.15, -0.1) is 0 Å². The summed E-state index contributed by atoms with van der Waals surface area (Å²) >= 11 is 0. The minimum absolute atomic E-state index is 0.361. The van der Waals surface area contributed by atoms with Crippen molar-refractivity contribution in [1.82, 2.24) is 4.90 Å². The van der Waals surface area contributed by atoms with Crippen molar-refractivity contribution in [1.29, 1.82) is 0 Å². The summed E-state index contributed by atoms with van der Waals surface area (Å²) in [5.74, 6) is 0.787. The third-order valence-corrected chi connectivity index (χ3v) is 5.97. The zero-order valence-corrected chi connectivity index (χ0v) is 14.9. The Labute approximate surface area is 152 Å². The molecule has 1 aromatic rings. The van der Waals surface area contributed by atoms with Crippen LogP contribution in [-0.2, 0) is 11.0 Å². The van der Waals surface area contributed by atoms with Crippen molar-refractivity contribution in [3.05, 3.63) is 35.4 Å². The van der Waals surface area contributed by atoms with E-state index < -0.39 is 11.7 Å². The number of piperidine rings is 1. The van der Waals surface area contributed by atoms with E-state index in [2.05, 4.69) is 10.1 Å². The predicted octanol–water partition coefficient (Wildman–Crippen LogP) is 4.85. The molecule has 142 valence electrons. The number of hydrogen-bond acceptors (Lipinski definition) is 3. The van der Waals surface area contributed by atoms with Crippen LogP contribution < -0.4 is 0 Å². The molecule has 6 heteroatoms. The Morgan fingerprint density at radius 3 is 2.77 bits per heavy atom. The van der Waals surface area contributed by atoms with Crippen LogP contribution in [0, 0.1) is 5.92 Å². The first kappa shape index (κ1) is 17.8. The van der Waals surface area contributed by atoms with Gasteiger partial charge in [0.05, 0.1) is 11.3 Å². The molecule has 0 N–H and O–H groups in total. The molecule has 1 saturated heterocycles. The lowest BCUT2D eigenvalue weighted by Gasteiger charge is -2.39. The molecule has 1 unspecified atom stereocenters. The Balaban J connectivity index is 1.43. The predicted molar refractivity (Wildman–Crippen MR) is 94.0 cm³/mol. The third kappa shape index (κ3) is 3.75. The van der Waals surface area contributed by atoms with E-state index in [4.69, 9.17) is 4.84 Å². The molecule has 1 atom stereocenters. The third-order valence-electron chi connectivity index (χ3n) is 5.97. The number of alkyl halides is 3. The van der Waals surface area contributed by atoms with E-state index in [1.54, 1.807) is 6.07 Å². The molecule has 0 bridgehead atoms. The van der Waals surface area contributed by atoms with Crippen LogP contribution in [0.4, 0.5) is 13.2 Å². The number of hydrogen-bond donors (Lipinski definition) is 0. The molecule has 1 saturated carbocycles. The number of benzene rings is 1. The highest BCUT2D eigenvalue weighted by atomic mass is 19.4. The lowest BCUT2D eigenvalue weighted by atomic mass is 9.86. The average molecular weight is 366 g/mol. The van der Waals surface area contributed by atoms with Crippen molar-refractivity contribution in [3.63, 3.8) is 0 Å². The zero-order chi connectivity index (χ0) is 18.2. The van der Waals surface area contributed by atoms with Crippen molar-refractivity contribution >= 4 is 5.71 Å². The largest absolute Gasteiger partial charge is 0.416 e. The number of halogens is 3. The molecule has 2 fully saturated rings. The van der Waals surface area contributed by atoms with Crippen LogP contribution >= 0.6 is 0 Å². The first-order valence-electron chi connectivity index (χ1n) is 9.59. The first-order chi connectivity index (χ1) is 12.4. The monoisotopic (exact) mass is 366 g/mol. The fourth-order valence-corrected chi connectivity index (χ4v) is 4.67. The fourth-order valence-electron chi connectivity index (χ4n) is 4.67. The Kier molecular flexibility index (Phi) is 4.71. The molecular formula is C20H25F3N2O. The maximum atomic E-state index is 13.0. The summed E-state index contributed by atoms with van der Waals surface area (Å²) in [7, 11) is 0. The minimum atomic E-state index is -4.34. The van der Waals surface area contributed by atoms with Crippen LogP contribution in [0.15, 0.2) is 29.4 Å². The van der Waals surface area contributed by atoms with Crippen LogP contribution in [0.2, 0.25) is 0 Å². The van der Waals surface area contributed by atoms with E-state index in [0.29, 0.717) is 17.7 Å². The van der Waals surface area contributed by atoms with E-state index in [1.807, 2.05) is 0 Å². The van der Waals surface area contributed by atoms with Crippen molar-refractivity contribution in [3.8, 4) is 0 Å². The Morgan fingerprint density at radius 1 is 1.19 bits per heavy atom. The summed E-state index contributed by atoms with van der Waals surface area (Å²) in [6, 6.07) is 5.41. The quantitative estimate of drug-likeness (QED) is 0.764. The van der Waals surface area contributed by atoms with Crippen LogP contribution in [0.5, 0.6) is 0 Å². The maximum Gasteiger partial charge on any atom is 0.416 e. The van der Waals surface area contributed by atoms with E-state index in [9.17, 15) is 13.2 Å². The topological polar surface area (TPSA) is 24.8 Å². The molecule has 0 radical (unpaired) electrons. The van der Waals surface area contributed by atoms with E-state index >= 15 is 0 Å². The van der Waals surface area contributed by atoms with Gasteiger partial charge in [0.15, 0.2) is 5.60 Å². The average Bonchev–Trinajstić information content (AvgIpc) is 3.25. The van der Waals surface area contributed by atoms with Crippen LogP contribution in [-0.4, -0.2) is 35.8 Å². The Morgan fingerprint density at radius 2 is 2.00 bits per heavy atom. The van der Waals surface area contributed by atoms with Crippen molar-refractivity contribution in [2.75, 3.05) is 19.6 Å². The Bertz CT molecular complexity index is 682. The molecule has 4 rings (SSSR count). The summed E-state index contributed by atoms with van der Waals surface area (Å²) in [4.78, 5) is 8.31. The summed E-state index contributed by atoms with van der Waals surface area (Å²) in [5.41, 5.74) is 0.161. The van der Waals surface area contributed by atoms with Crippen LogP contribution in [0.25, 0.3) is 0 Å². The van der Waals surface area contributed by atoms with E-state index in [1.165, 1.54) is 37.8 Å². The van der Waals surface area contributed by atoms with Crippen molar-refractivity contribution in [2.45, 2.75) is 56.7 Å². The highest BCUT2D eigenvalue weighted by Gasteiger charge is 2.43. The molecule has 1 aliphatic carbocycles. The van der Waals surface area contributed by atoms with Gasteiger partial charge in [0.25, 0.3) is 0 Å². The molecule has 0 aromatic heterocycles. The lowest BCUT2D eigenvalue weighted by Crippen LogP contribution is -2.49. The standard InChI is InChI=1S/C20H25F3N2O/c21-20(22,23)17-8-3-7-16(11-17)18-12-19(26-24-18)9-4-10-25(14-19)13-15-5-1-2-6-15/h3,7-8,11,15H,1-2,4-6,9-10,12-14H2. The second-order valence-corrected chi connectivity index (χ2v) is 8.06. The van der Waals surface area contributed by atoms with Gasteiger partial charge in [0, 0.05) is 25.1 Å². The lowest BCUT2D eigenvalue weighted by molar-refractivity contribution is -0.137. The number of oxime groups is 1. The van der Waals surface area contributed by atoms with Gasteiger partial charge in [-0.2, -0.15) is 13.2 Å². The van der Waals surface area contributed by atoms with Crippen molar-refractivity contribution < 1.29 is 18.0 Å². The van der Waals surface area contributed by atoms with Gasteiger partial charge >= 0.3 is 6.18 Å². The number of rotatable bonds is 3. The first-order valence-corrected chi connectivity index (χ1v) is 9.59. The summed E-state index contributed by atoms with van der Waals surface area (Å²) < 4.78 is 38.9. The molecule has 26 heavy (non-hydrogen) atoms. The van der Waals surface area contributed by atoms with Crippen LogP contribution in [0.3, 0.4) is 0 Å². The van der Waals surface area contributed by atoms with Crippen LogP contribution in [0.1, 0.15) is 56.1 Å². The van der Waals surface area contributed by atoms with Gasteiger partial charge in [-0.25, -0.2) is 0 Å². The molecular weight excluding hydrogens is 341 g/mol. The highest BCUT2D eigenvalue weighted by molar-refractivity contribution is 6.01. The summed E-state index contributed by atoms with van der Waals surface area (Å²) in [6.45, 7) is 3.03. The van der Waals surface area contributed by atoms with Gasteiger partial charge in [0.2, 0.25) is 0 Å². The summed E-state index contributed by atoms with van der Waals surface area (Å²) in [5, 5.41) is 4.19. The smallest absolute Gasteiger partial charge is 0.387 e. The number of nitrogens with zero attached hydrogens (tertiary/aromatic N) is 2. The fraction of sp³-hybridized carbons (Fsp3) is 0.650. The SMILES string of the molecule is FC(F)(F)c1cccc(C2=NOC3(CCCN(CC4CCCC4)C3)C2)c1. The maximum absolute atomic E-state index is 13.0. The van der Waals surface area contributed by atoms with E-state index in [-0.39, 0.29) is 5.60 Å². The second-order valence-electron chi connectivity index (χ2n) is 8.06. The minimum Gasteiger partial charge on any atom is -0.387 e. The van der Waals surface area contributed by atoms with Gasteiger partial charge in [-0.05, 0) is 50.3 Å². The second kappa shape index (κ2) is 6.87. The summed E-state index contributed by atoms with van der Waals surface area (Å²) in [6.07, 6.45) is 3.53. The zero-order valence-electron chi connectivity index (χ0n) is 14.9. The molecule has 3 nitrogen and oxygen atoms in total. The normalized spacial score (nSPS) is 27.7. The van der Waals surface area contributed by atoms with Crippen molar-refractivity contribution in [2.24, 2.45) is 11.1 Å². The number of likely N-dealkylation sites (tertiary alicyclic amines) is 1. The van der Waals surface area contributed by atoms with Gasteiger partial charge in [0.1, 0.15) is 0 Å². The molecule has 2 aliphatic heterocycles. The molecule has 1 spiro atoms. The van der Waals surface area contributed by atoms with Gasteiger partial charge < -0.3 is 4.84 Å². The molecule has 1 aromatic carbocycles. The molecule has 2 heterocycles. The highest BCUT2D eigenvalue weighted by Crippen LogP contribution is 2.37.